The lowest BCUT2D eigenvalue weighted by molar-refractivity contribution is 0.413. The molecule has 14 heavy (non-hydrogen) atoms. The Balaban J connectivity index is 3.02. The number of ether oxygens (including phenoxy) is 1. The van der Waals surface area contributed by atoms with E-state index in [1.807, 2.05) is 6.07 Å². The maximum atomic E-state index is 8.32. The summed E-state index contributed by atoms with van der Waals surface area (Å²) in [6, 6.07) is 7.17. The van der Waals surface area contributed by atoms with Crippen LogP contribution in [-0.4, -0.2) is 7.11 Å². The Morgan fingerprint density at radius 3 is 2.93 bits per heavy atom. The SMILES string of the molecule is COc1ccc(N)cc1C#CCC#N. The van der Waals surface area contributed by atoms with Crippen molar-refractivity contribution >= 4 is 5.69 Å². The van der Waals surface area contributed by atoms with Gasteiger partial charge in [-0.1, -0.05) is 11.8 Å². The van der Waals surface area contributed by atoms with Gasteiger partial charge in [-0.25, -0.2) is 0 Å². The molecule has 1 rings (SSSR count). The molecule has 0 spiro atoms. The quantitative estimate of drug-likeness (QED) is 0.534. The fraction of sp³-hybridized carbons (Fsp3) is 0.182. The van der Waals surface area contributed by atoms with E-state index in [0.717, 1.165) is 0 Å². The standard InChI is InChI=1S/C11H10N2O/c1-14-11-6-5-10(13)8-9(11)4-2-3-7-12/h5-6,8H,3,13H2,1H3. The number of nitrogens with two attached hydrogens (primary N) is 1. The van der Waals surface area contributed by atoms with Gasteiger partial charge < -0.3 is 10.5 Å². The van der Waals surface area contributed by atoms with Gasteiger partial charge in [0.1, 0.15) is 5.75 Å². The smallest absolute Gasteiger partial charge is 0.134 e. The highest BCUT2D eigenvalue weighted by molar-refractivity contribution is 5.54. The molecule has 0 amide bonds. The van der Waals surface area contributed by atoms with Crippen LogP contribution in [0.3, 0.4) is 0 Å². The minimum absolute atomic E-state index is 0.206. The monoisotopic (exact) mass is 186 g/mol. The number of nitriles is 1. The van der Waals surface area contributed by atoms with Crippen molar-refractivity contribution in [2.24, 2.45) is 0 Å². The van der Waals surface area contributed by atoms with Gasteiger partial charge in [-0.3, -0.25) is 0 Å². The number of hydrogen-bond acceptors (Lipinski definition) is 3. The normalized spacial score (nSPS) is 8.29. The Morgan fingerprint density at radius 1 is 1.50 bits per heavy atom. The zero-order chi connectivity index (χ0) is 10.4. The van der Waals surface area contributed by atoms with Crippen molar-refractivity contribution < 1.29 is 4.74 Å². The van der Waals surface area contributed by atoms with Crippen LogP contribution in [0.4, 0.5) is 5.69 Å². The molecule has 0 fully saturated rings. The van der Waals surface area contributed by atoms with Crippen molar-refractivity contribution in [2.75, 3.05) is 12.8 Å². The molecule has 0 saturated carbocycles. The van der Waals surface area contributed by atoms with Crippen molar-refractivity contribution in [1.82, 2.24) is 0 Å². The molecule has 0 aliphatic rings. The van der Waals surface area contributed by atoms with Crippen LogP contribution in [0.15, 0.2) is 18.2 Å². The highest BCUT2D eigenvalue weighted by Crippen LogP contribution is 2.19. The largest absolute Gasteiger partial charge is 0.495 e. The summed E-state index contributed by atoms with van der Waals surface area (Å²) >= 11 is 0. The number of hydrogen-bond donors (Lipinski definition) is 1. The van der Waals surface area contributed by atoms with E-state index in [2.05, 4.69) is 11.8 Å². The topological polar surface area (TPSA) is 59.0 Å². The molecule has 0 aliphatic carbocycles. The summed E-state index contributed by atoms with van der Waals surface area (Å²) in [6.07, 6.45) is 0.206. The number of anilines is 1. The van der Waals surface area contributed by atoms with Crippen molar-refractivity contribution in [3.63, 3.8) is 0 Å². The second kappa shape index (κ2) is 4.79. The fourth-order valence-electron chi connectivity index (χ4n) is 1.00. The molecule has 0 heterocycles. The maximum Gasteiger partial charge on any atom is 0.134 e. The van der Waals surface area contributed by atoms with Crippen LogP contribution in [0.25, 0.3) is 0 Å². The van der Waals surface area contributed by atoms with E-state index in [0.29, 0.717) is 17.0 Å². The Bertz CT molecular complexity index is 421. The number of benzene rings is 1. The molecule has 3 heteroatoms. The highest BCUT2D eigenvalue weighted by Gasteiger charge is 1.98. The summed E-state index contributed by atoms with van der Waals surface area (Å²) in [5.74, 6) is 6.21. The molecular weight excluding hydrogens is 176 g/mol. The van der Waals surface area contributed by atoms with Gasteiger partial charge in [0.25, 0.3) is 0 Å². The van der Waals surface area contributed by atoms with Gasteiger partial charge in [0, 0.05) is 5.69 Å². The molecule has 0 bridgehead atoms. The van der Waals surface area contributed by atoms with Crippen molar-refractivity contribution in [1.29, 1.82) is 5.26 Å². The first kappa shape index (κ1) is 9.95. The number of methoxy groups -OCH3 is 1. The lowest BCUT2D eigenvalue weighted by atomic mass is 10.2. The first-order valence-corrected chi connectivity index (χ1v) is 4.07. The van der Waals surface area contributed by atoms with E-state index in [9.17, 15) is 0 Å². The molecule has 1 aromatic rings. The van der Waals surface area contributed by atoms with Crippen LogP contribution in [-0.2, 0) is 0 Å². The molecular formula is C11H10N2O. The second-order valence-electron chi connectivity index (χ2n) is 2.60. The molecule has 0 radical (unpaired) electrons. The molecule has 0 unspecified atom stereocenters. The molecule has 0 aliphatic heterocycles. The lowest BCUT2D eigenvalue weighted by Crippen LogP contribution is -1.90. The van der Waals surface area contributed by atoms with E-state index in [1.54, 1.807) is 25.3 Å². The summed E-state index contributed by atoms with van der Waals surface area (Å²) < 4.78 is 5.09. The maximum absolute atomic E-state index is 8.32. The summed E-state index contributed by atoms with van der Waals surface area (Å²) in [7, 11) is 1.57. The molecule has 1 aromatic carbocycles. The van der Waals surface area contributed by atoms with E-state index in [4.69, 9.17) is 15.7 Å². The molecule has 2 N–H and O–H groups in total. The van der Waals surface area contributed by atoms with Gasteiger partial charge in [0.15, 0.2) is 0 Å². The first-order valence-electron chi connectivity index (χ1n) is 4.07. The third kappa shape index (κ3) is 2.43. The Hall–Kier alpha value is -2.13. The number of rotatable bonds is 1. The highest BCUT2D eigenvalue weighted by atomic mass is 16.5. The second-order valence-corrected chi connectivity index (χ2v) is 2.60. The van der Waals surface area contributed by atoms with Gasteiger partial charge >= 0.3 is 0 Å². The summed E-state index contributed by atoms with van der Waals surface area (Å²) in [4.78, 5) is 0. The zero-order valence-electron chi connectivity index (χ0n) is 7.87. The third-order valence-electron chi connectivity index (χ3n) is 1.61. The summed E-state index contributed by atoms with van der Waals surface area (Å²) in [5, 5.41) is 8.32. The third-order valence-corrected chi connectivity index (χ3v) is 1.61. The van der Waals surface area contributed by atoms with Crippen LogP contribution in [0, 0.1) is 23.2 Å². The van der Waals surface area contributed by atoms with E-state index < -0.39 is 0 Å². The minimum atomic E-state index is 0.206. The van der Waals surface area contributed by atoms with E-state index >= 15 is 0 Å². The van der Waals surface area contributed by atoms with E-state index in [1.165, 1.54) is 0 Å². The van der Waals surface area contributed by atoms with Gasteiger partial charge in [-0.05, 0) is 18.2 Å². The van der Waals surface area contributed by atoms with Crippen molar-refractivity contribution in [3.8, 4) is 23.7 Å². The Morgan fingerprint density at radius 2 is 2.29 bits per heavy atom. The van der Waals surface area contributed by atoms with Gasteiger partial charge in [-0.15, -0.1) is 0 Å². The zero-order valence-corrected chi connectivity index (χ0v) is 7.87. The molecule has 3 nitrogen and oxygen atoms in total. The molecule has 0 saturated heterocycles. The average Bonchev–Trinajstić information content (AvgIpc) is 2.19. The molecule has 0 atom stereocenters. The van der Waals surface area contributed by atoms with Crippen LogP contribution in [0.2, 0.25) is 0 Å². The van der Waals surface area contributed by atoms with Crippen molar-refractivity contribution in [3.05, 3.63) is 23.8 Å². The number of nitrogens with zero attached hydrogens (tertiary/aromatic N) is 1. The van der Waals surface area contributed by atoms with Crippen LogP contribution in [0.5, 0.6) is 5.75 Å². The average molecular weight is 186 g/mol. The van der Waals surface area contributed by atoms with Crippen LogP contribution in [0.1, 0.15) is 12.0 Å². The van der Waals surface area contributed by atoms with Crippen LogP contribution < -0.4 is 10.5 Å². The number of nitrogen functional groups attached to an aromatic ring is 1. The van der Waals surface area contributed by atoms with Gasteiger partial charge in [-0.2, -0.15) is 5.26 Å². The molecule has 0 aromatic heterocycles. The summed E-state index contributed by atoms with van der Waals surface area (Å²) in [6.45, 7) is 0. The van der Waals surface area contributed by atoms with E-state index in [-0.39, 0.29) is 6.42 Å². The van der Waals surface area contributed by atoms with Crippen LogP contribution >= 0.6 is 0 Å². The Kier molecular flexibility index (Phi) is 3.41. The van der Waals surface area contributed by atoms with Crippen molar-refractivity contribution in [2.45, 2.75) is 6.42 Å². The predicted molar refractivity (Wildman–Crippen MR) is 54.5 cm³/mol. The fourth-order valence-corrected chi connectivity index (χ4v) is 1.00. The Labute approximate surface area is 83.1 Å². The van der Waals surface area contributed by atoms with Gasteiger partial charge in [0.05, 0.1) is 25.2 Å². The first-order chi connectivity index (χ1) is 6.77. The predicted octanol–water partition coefficient (Wildman–Crippen LogP) is 1.54. The molecule has 70 valence electrons. The minimum Gasteiger partial charge on any atom is -0.495 e. The summed E-state index contributed by atoms with van der Waals surface area (Å²) in [5.41, 5.74) is 6.94. The van der Waals surface area contributed by atoms with Gasteiger partial charge in [0.2, 0.25) is 0 Å². The lowest BCUT2D eigenvalue weighted by Gasteiger charge is -2.03.